The van der Waals surface area contributed by atoms with Gasteiger partial charge in [-0.15, -0.1) is 0 Å². The summed E-state index contributed by atoms with van der Waals surface area (Å²) in [5.41, 5.74) is 3.62. The van der Waals surface area contributed by atoms with Crippen LogP contribution >= 0.6 is 0 Å². The minimum atomic E-state index is 0.0562. The highest BCUT2D eigenvalue weighted by molar-refractivity contribution is 5.95. The number of hydrogen-bond acceptors (Lipinski definition) is 5. The van der Waals surface area contributed by atoms with Crippen LogP contribution in [0.5, 0.6) is 11.6 Å². The summed E-state index contributed by atoms with van der Waals surface area (Å²) in [5, 5.41) is 0. The number of ether oxygens (including phenoxy) is 1. The fraction of sp³-hybridized carbons (Fsp3) is 0.259. The van der Waals surface area contributed by atoms with E-state index in [-0.39, 0.29) is 11.8 Å². The van der Waals surface area contributed by atoms with Crippen molar-refractivity contribution in [2.24, 2.45) is 0 Å². The van der Waals surface area contributed by atoms with E-state index >= 15 is 0 Å². The molecule has 1 atom stereocenters. The molecule has 7 heteroatoms. The van der Waals surface area contributed by atoms with Crippen molar-refractivity contribution in [1.82, 2.24) is 24.4 Å². The maximum absolute atomic E-state index is 13.5. The Balaban J connectivity index is 1.32. The number of aryl methyl sites for hydroxylation is 1. The summed E-state index contributed by atoms with van der Waals surface area (Å²) in [6.45, 7) is 3.97. The number of imidazole rings is 1. The van der Waals surface area contributed by atoms with Crippen LogP contribution in [0.1, 0.15) is 45.9 Å². The third-order valence-electron chi connectivity index (χ3n) is 6.23. The van der Waals surface area contributed by atoms with Crippen LogP contribution in [-0.2, 0) is 6.54 Å². The van der Waals surface area contributed by atoms with Crippen molar-refractivity contribution < 1.29 is 9.53 Å². The van der Waals surface area contributed by atoms with Gasteiger partial charge in [0, 0.05) is 49.7 Å². The van der Waals surface area contributed by atoms with E-state index in [1.54, 1.807) is 24.9 Å². The normalized spacial score (nSPS) is 15.8. The fourth-order valence-corrected chi connectivity index (χ4v) is 4.41. The number of rotatable bonds is 6. The summed E-state index contributed by atoms with van der Waals surface area (Å²) in [5.74, 6) is 1.41. The van der Waals surface area contributed by atoms with Gasteiger partial charge in [-0.3, -0.25) is 9.78 Å². The Bertz CT molecular complexity index is 1270. The summed E-state index contributed by atoms with van der Waals surface area (Å²) in [6, 6.07) is 15.6. The fourth-order valence-electron chi connectivity index (χ4n) is 4.41. The van der Waals surface area contributed by atoms with Crippen LogP contribution in [0, 0.1) is 6.92 Å². The molecule has 0 aliphatic carbocycles. The molecule has 0 saturated carbocycles. The highest BCUT2D eigenvalue weighted by Crippen LogP contribution is 2.29. The van der Waals surface area contributed by atoms with Crippen LogP contribution in [0.15, 0.2) is 79.6 Å². The zero-order valence-corrected chi connectivity index (χ0v) is 19.2. The van der Waals surface area contributed by atoms with Crippen molar-refractivity contribution in [3.8, 4) is 11.6 Å². The van der Waals surface area contributed by atoms with Crippen LogP contribution in [0.2, 0.25) is 0 Å². The van der Waals surface area contributed by atoms with E-state index in [2.05, 4.69) is 9.97 Å². The third-order valence-corrected chi connectivity index (χ3v) is 6.23. The minimum Gasteiger partial charge on any atom is -0.437 e. The van der Waals surface area contributed by atoms with Gasteiger partial charge in [0.1, 0.15) is 5.75 Å². The van der Waals surface area contributed by atoms with Crippen molar-refractivity contribution >= 4 is 5.91 Å². The minimum absolute atomic E-state index is 0.0562. The first-order chi connectivity index (χ1) is 16.7. The molecule has 1 amide bonds. The molecular formula is C27H27N5O2. The van der Waals surface area contributed by atoms with Crippen LogP contribution in [-0.4, -0.2) is 43.4 Å². The molecule has 172 valence electrons. The van der Waals surface area contributed by atoms with E-state index in [0.29, 0.717) is 19.0 Å². The molecule has 0 spiro atoms. The SMILES string of the molecule is Cc1ccccc1Oc1cncc(C2CCCN(C(=O)c3ccccc3Cn3ccnc3)C2)n1. The lowest BCUT2D eigenvalue weighted by Crippen LogP contribution is -2.39. The quantitative estimate of drug-likeness (QED) is 0.418. The highest BCUT2D eigenvalue weighted by atomic mass is 16.5. The molecule has 1 aliphatic rings. The summed E-state index contributed by atoms with van der Waals surface area (Å²) in [4.78, 5) is 28.7. The molecule has 1 aliphatic heterocycles. The zero-order valence-electron chi connectivity index (χ0n) is 19.2. The van der Waals surface area contributed by atoms with Gasteiger partial charge < -0.3 is 14.2 Å². The van der Waals surface area contributed by atoms with Gasteiger partial charge in [0.15, 0.2) is 0 Å². The molecule has 1 fully saturated rings. The van der Waals surface area contributed by atoms with E-state index in [1.807, 2.05) is 71.1 Å². The summed E-state index contributed by atoms with van der Waals surface area (Å²) < 4.78 is 7.96. The molecule has 0 N–H and O–H groups in total. The van der Waals surface area contributed by atoms with Gasteiger partial charge >= 0.3 is 0 Å². The van der Waals surface area contributed by atoms with Gasteiger partial charge in [-0.25, -0.2) is 9.97 Å². The van der Waals surface area contributed by atoms with Gasteiger partial charge in [0.25, 0.3) is 5.91 Å². The lowest BCUT2D eigenvalue weighted by Gasteiger charge is -2.33. The van der Waals surface area contributed by atoms with Crippen LogP contribution in [0.25, 0.3) is 0 Å². The van der Waals surface area contributed by atoms with Gasteiger partial charge in [-0.1, -0.05) is 36.4 Å². The number of amides is 1. The predicted octanol–water partition coefficient (Wildman–Crippen LogP) is 4.84. The number of piperidine rings is 1. The number of hydrogen-bond donors (Lipinski definition) is 0. The molecule has 7 nitrogen and oxygen atoms in total. The largest absolute Gasteiger partial charge is 0.437 e. The van der Waals surface area contributed by atoms with E-state index in [9.17, 15) is 4.79 Å². The van der Waals surface area contributed by atoms with E-state index < -0.39 is 0 Å². The topological polar surface area (TPSA) is 73.1 Å². The number of aromatic nitrogens is 4. The standard InChI is InChI=1S/C27H27N5O2/c1-20-7-2-5-11-25(20)34-26-16-29-15-24(30-26)22-9-6-13-32(18-22)27(33)23-10-4-3-8-21(23)17-31-14-12-28-19-31/h2-5,7-8,10-12,14-16,19,22H,6,9,13,17-18H2,1H3. The van der Waals surface area contributed by atoms with Crippen molar-refractivity contribution in [2.45, 2.75) is 32.2 Å². The molecule has 4 aromatic rings. The van der Waals surface area contributed by atoms with E-state index in [0.717, 1.165) is 47.5 Å². The smallest absolute Gasteiger partial charge is 0.254 e. The molecule has 1 saturated heterocycles. The van der Waals surface area contributed by atoms with Crippen LogP contribution < -0.4 is 4.74 Å². The number of carbonyl (C=O) groups excluding carboxylic acids is 1. The number of likely N-dealkylation sites (tertiary alicyclic amines) is 1. The van der Waals surface area contributed by atoms with Crippen molar-refractivity contribution in [3.63, 3.8) is 0 Å². The zero-order chi connectivity index (χ0) is 23.3. The Morgan fingerprint density at radius 3 is 2.79 bits per heavy atom. The molecule has 34 heavy (non-hydrogen) atoms. The second-order valence-electron chi connectivity index (χ2n) is 8.63. The van der Waals surface area contributed by atoms with Crippen molar-refractivity contribution in [2.75, 3.05) is 13.1 Å². The Kier molecular flexibility index (Phi) is 6.33. The van der Waals surface area contributed by atoms with Gasteiger partial charge in [-0.05, 0) is 43.0 Å². The molecule has 2 aromatic carbocycles. The highest BCUT2D eigenvalue weighted by Gasteiger charge is 2.28. The first kappa shape index (κ1) is 21.8. The number of carbonyl (C=O) groups is 1. The Labute approximate surface area is 199 Å². The summed E-state index contributed by atoms with van der Waals surface area (Å²) >= 11 is 0. The maximum atomic E-state index is 13.5. The summed E-state index contributed by atoms with van der Waals surface area (Å²) in [6.07, 6.45) is 10.7. The van der Waals surface area contributed by atoms with E-state index in [4.69, 9.17) is 9.72 Å². The number of benzene rings is 2. The number of nitrogens with zero attached hydrogens (tertiary/aromatic N) is 5. The van der Waals surface area contributed by atoms with Gasteiger partial charge in [0.2, 0.25) is 5.88 Å². The maximum Gasteiger partial charge on any atom is 0.254 e. The average Bonchev–Trinajstić information content (AvgIpc) is 3.39. The molecular weight excluding hydrogens is 426 g/mol. The average molecular weight is 454 g/mol. The van der Waals surface area contributed by atoms with Gasteiger partial charge in [0.05, 0.1) is 18.2 Å². The van der Waals surface area contributed by atoms with Crippen LogP contribution in [0.3, 0.4) is 0 Å². The van der Waals surface area contributed by atoms with Crippen LogP contribution in [0.4, 0.5) is 0 Å². The molecule has 0 radical (unpaired) electrons. The molecule has 5 rings (SSSR count). The number of para-hydroxylation sites is 1. The summed E-state index contributed by atoms with van der Waals surface area (Å²) in [7, 11) is 0. The van der Waals surface area contributed by atoms with Gasteiger partial charge in [-0.2, -0.15) is 0 Å². The molecule has 3 heterocycles. The Morgan fingerprint density at radius 1 is 1.09 bits per heavy atom. The van der Waals surface area contributed by atoms with Crippen molar-refractivity contribution in [1.29, 1.82) is 0 Å². The second kappa shape index (κ2) is 9.87. The lowest BCUT2D eigenvalue weighted by molar-refractivity contribution is 0.0704. The molecule has 1 unspecified atom stereocenters. The van der Waals surface area contributed by atoms with E-state index in [1.165, 1.54) is 0 Å². The Hall–Kier alpha value is -4.00. The predicted molar refractivity (Wildman–Crippen MR) is 129 cm³/mol. The first-order valence-corrected chi connectivity index (χ1v) is 11.6. The third kappa shape index (κ3) is 4.83. The molecule has 0 bridgehead atoms. The second-order valence-corrected chi connectivity index (χ2v) is 8.63. The molecule has 2 aromatic heterocycles. The lowest BCUT2D eigenvalue weighted by atomic mass is 9.94. The van der Waals surface area contributed by atoms with Crippen molar-refractivity contribution in [3.05, 3.63) is 102 Å². The monoisotopic (exact) mass is 453 g/mol. The first-order valence-electron chi connectivity index (χ1n) is 11.6. The Morgan fingerprint density at radius 2 is 1.94 bits per heavy atom.